The van der Waals surface area contributed by atoms with Gasteiger partial charge in [0, 0.05) is 7.11 Å². The molecule has 0 rings (SSSR count). The van der Waals surface area contributed by atoms with E-state index in [0.717, 1.165) is 18.2 Å². The molecule has 3 unspecified atom stereocenters. The quantitative estimate of drug-likeness (QED) is 0.552. The Labute approximate surface area is 71.9 Å². The number of hydrogen-bond donors (Lipinski definition) is 0. The van der Waals surface area contributed by atoms with Gasteiger partial charge in [-0.05, 0) is 12.3 Å². The first-order chi connectivity index (χ1) is 5.17. The van der Waals surface area contributed by atoms with Crippen LogP contribution in [-0.2, 0) is 4.74 Å². The van der Waals surface area contributed by atoms with Crippen LogP contribution in [-0.4, -0.2) is 21.1 Å². The minimum absolute atomic E-state index is 0.458. The summed E-state index contributed by atoms with van der Waals surface area (Å²) in [6.07, 6.45) is 2.82. The van der Waals surface area contributed by atoms with Gasteiger partial charge in [-0.3, -0.25) is 0 Å². The molecule has 0 radical (unpaired) electrons. The van der Waals surface area contributed by atoms with E-state index in [9.17, 15) is 0 Å². The van der Waals surface area contributed by atoms with Gasteiger partial charge in [-0.1, -0.05) is 33.0 Å². The molecule has 0 heterocycles. The van der Waals surface area contributed by atoms with E-state index >= 15 is 0 Å². The van der Waals surface area contributed by atoms with Crippen LogP contribution in [0.25, 0.3) is 0 Å². The molecule has 0 bridgehead atoms. The molecule has 3 atom stereocenters. The number of rotatable bonds is 5. The Kier molecular flexibility index (Phi) is 5.66. The standard InChI is InChI=1S/C9H21BO/c1-5-8(7(3)10)9(6-2)11-4/h7-9H,5-6,10H2,1-4H3. The van der Waals surface area contributed by atoms with Crippen LogP contribution >= 0.6 is 0 Å². The van der Waals surface area contributed by atoms with E-state index < -0.39 is 0 Å². The maximum Gasteiger partial charge on any atom is 0.105 e. The first-order valence-corrected chi connectivity index (χ1v) is 4.70. The summed E-state index contributed by atoms with van der Waals surface area (Å²) in [5.74, 6) is 1.47. The first kappa shape index (κ1) is 11.0. The molecule has 66 valence electrons. The van der Waals surface area contributed by atoms with Gasteiger partial charge in [0.05, 0.1) is 6.10 Å². The smallest absolute Gasteiger partial charge is 0.105 e. The highest BCUT2D eigenvalue weighted by atomic mass is 16.5. The summed E-state index contributed by atoms with van der Waals surface area (Å²) >= 11 is 0. The van der Waals surface area contributed by atoms with E-state index in [4.69, 9.17) is 4.74 Å². The lowest BCUT2D eigenvalue weighted by Gasteiger charge is -2.27. The van der Waals surface area contributed by atoms with E-state index in [1.807, 2.05) is 7.11 Å². The minimum atomic E-state index is 0.458. The molecule has 0 aliphatic carbocycles. The summed E-state index contributed by atoms with van der Waals surface area (Å²) in [7, 11) is 4.09. The predicted molar refractivity (Wildman–Crippen MR) is 52.8 cm³/mol. The van der Waals surface area contributed by atoms with Crippen LogP contribution in [0.4, 0.5) is 0 Å². The van der Waals surface area contributed by atoms with E-state index in [-0.39, 0.29) is 0 Å². The summed E-state index contributed by atoms with van der Waals surface area (Å²) in [5, 5.41) is 0. The Balaban J connectivity index is 3.98. The fourth-order valence-electron chi connectivity index (χ4n) is 1.81. The van der Waals surface area contributed by atoms with Crippen molar-refractivity contribution in [1.82, 2.24) is 0 Å². The third-order valence-electron chi connectivity index (χ3n) is 2.51. The Morgan fingerprint density at radius 1 is 1.27 bits per heavy atom. The van der Waals surface area contributed by atoms with Gasteiger partial charge < -0.3 is 4.74 Å². The van der Waals surface area contributed by atoms with Crippen molar-refractivity contribution in [3.63, 3.8) is 0 Å². The SMILES string of the molecule is BC(C)C(CC)C(CC)OC. The van der Waals surface area contributed by atoms with Crippen LogP contribution in [0.15, 0.2) is 0 Å². The maximum absolute atomic E-state index is 5.41. The molecule has 0 aliphatic heterocycles. The number of ether oxygens (including phenoxy) is 1. The Morgan fingerprint density at radius 3 is 1.91 bits per heavy atom. The van der Waals surface area contributed by atoms with Gasteiger partial charge in [-0.15, -0.1) is 0 Å². The average Bonchev–Trinajstić information content (AvgIpc) is 1.99. The molecule has 2 heteroatoms. The second-order valence-corrected chi connectivity index (χ2v) is 3.50. The average molecular weight is 156 g/mol. The zero-order valence-corrected chi connectivity index (χ0v) is 8.55. The third kappa shape index (κ3) is 3.28. The van der Waals surface area contributed by atoms with Crippen molar-refractivity contribution < 1.29 is 4.74 Å². The first-order valence-electron chi connectivity index (χ1n) is 4.70. The second kappa shape index (κ2) is 5.65. The molecule has 0 saturated heterocycles. The molecule has 0 aliphatic rings. The number of hydrogen-bond acceptors (Lipinski definition) is 1. The van der Waals surface area contributed by atoms with E-state index in [1.165, 1.54) is 6.42 Å². The van der Waals surface area contributed by atoms with Crippen molar-refractivity contribution in [3.05, 3.63) is 0 Å². The van der Waals surface area contributed by atoms with E-state index in [0.29, 0.717) is 6.10 Å². The molecule has 0 aromatic rings. The van der Waals surface area contributed by atoms with Crippen molar-refractivity contribution >= 4 is 7.85 Å². The monoisotopic (exact) mass is 156 g/mol. The fraction of sp³-hybridized carbons (Fsp3) is 1.00. The summed E-state index contributed by atoms with van der Waals surface area (Å²) in [6, 6.07) is 0. The summed E-state index contributed by atoms with van der Waals surface area (Å²) < 4.78 is 5.41. The molecule has 0 saturated carbocycles. The van der Waals surface area contributed by atoms with Crippen molar-refractivity contribution in [2.75, 3.05) is 7.11 Å². The highest BCUT2D eigenvalue weighted by Gasteiger charge is 2.20. The van der Waals surface area contributed by atoms with Gasteiger partial charge in [0.15, 0.2) is 0 Å². The molecule has 11 heavy (non-hydrogen) atoms. The maximum atomic E-state index is 5.41. The van der Waals surface area contributed by atoms with Crippen molar-refractivity contribution in [2.24, 2.45) is 5.92 Å². The minimum Gasteiger partial charge on any atom is -0.381 e. The van der Waals surface area contributed by atoms with Crippen molar-refractivity contribution in [2.45, 2.75) is 45.5 Å². The van der Waals surface area contributed by atoms with E-state index in [2.05, 4.69) is 28.6 Å². The van der Waals surface area contributed by atoms with Gasteiger partial charge in [-0.2, -0.15) is 0 Å². The number of methoxy groups -OCH3 is 1. The largest absolute Gasteiger partial charge is 0.381 e. The topological polar surface area (TPSA) is 9.23 Å². The van der Waals surface area contributed by atoms with Gasteiger partial charge in [0.1, 0.15) is 7.85 Å². The van der Waals surface area contributed by atoms with Gasteiger partial charge in [0.2, 0.25) is 0 Å². The van der Waals surface area contributed by atoms with Crippen LogP contribution in [0.2, 0.25) is 5.82 Å². The van der Waals surface area contributed by atoms with Gasteiger partial charge in [0.25, 0.3) is 0 Å². The fourth-order valence-corrected chi connectivity index (χ4v) is 1.81. The molecule has 0 spiro atoms. The lowest BCUT2D eigenvalue weighted by molar-refractivity contribution is 0.0462. The molecular formula is C9H21BO. The third-order valence-corrected chi connectivity index (χ3v) is 2.51. The molecular weight excluding hydrogens is 135 g/mol. The van der Waals surface area contributed by atoms with Crippen LogP contribution in [0, 0.1) is 5.92 Å². The Morgan fingerprint density at radius 2 is 1.82 bits per heavy atom. The molecule has 0 fully saturated rings. The molecule has 1 nitrogen and oxygen atoms in total. The Hall–Kier alpha value is 0.0249. The lowest BCUT2D eigenvalue weighted by Crippen LogP contribution is -2.24. The molecule has 0 N–H and O–H groups in total. The summed E-state index contributed by atoms with van der Waals surface area (Å²) in [4.78, 5) is 0. The zero-order valence-electron chi connectivity index (χ0n) is 8.55. The summed E-state index contributed by atoms with van der Waals surface area (Å²) in [6.45, 7) is 6.71. The zero-order chi connectivity index (χ0) is 8.85. The highest BCUT2D eigenvalue weighted by Crippen LogP contribution is 2.25. The second-order valence-electron chi connectivity index (χ2n) is 3.50. The lowest BCUT2D eigenvalue weighted by atomic mass is 9.73. The van der Waals surface area contributed by atoms with Crippen LogP contribution < -0.4 is 0 Å². The highest BCUT2D eigenvalue weighted by molar-refractivity contribution is 6.11. The van der Waals surface area contributed by atoms with Crippen molar-refractivity contribution in [1.29, 1.82) is 0 Å². The van der Waals surface area contributed by atoms with E-state index in [1.54, 1.807) is 0 Å². The molecule has 0 amide bonds. The van der Waals surface area contributed by atoms with Crippen LogP contribution in [0.5, 0.6) is 0 Å². The summed E-state index contributed by atoms with van der Waals surface area (Å²) in [5.41, 5.74) is 0. The molecule has 0 aromatic carbocycles. The van der Waals surface area contributed by atoms with Crippen LogP contribution in [0.1, 0.15) is 33.6 Å². The van der Waals surface area contributed by atoms with Gasteiger partial charge in [-0.25, -0.2) is 0 Å². The van der Waals surface area contributed by atoms with Crippen molar-refractivity contribution in [3.8, 4) is 0 Å². The van der Waals surface area contributed by atoms with Gasteiger partial charge >= 0.3 is 0 Å². The Bertz CT molecular complexity index is 89.6. The van der Waals surface area contributed by atoms with Crippen LogP contribution in [0.3, 0.4) is 0 Å². The molecule has 0 aromatic heterocycles. The predicted octanol–water partition coefficient (Wildman–Crippen LogP) is 1.88. The normalized spacial score (nSPS) is 19.3.